The summed E-state index contributed by atoms with van der Waals surface area (Å²) >= 11 is 0. The molecule has 0 saturated carbocycles. The standard InChI is InChI=1S/C26H26N2O4/c1-31-23-13-12-18(16-24(23)32-2)14-15-27-25(29)22-17-20-10-6-7-11-21(20)28(22)26(30)19-8-4-3-5-9-19/h3-13,16,22H,14-15,17H2,1-2H3,(H,27,29). The highest BCUT2D eigenvalue weighted by atomic mass is 16.5. The fourth-order valence-corrected chi connectivity index (χ4v) is 4.05. The summed E-state index contributed by atoms with van der Waals surface area (Å²) in [6.45, 7) is 0.453. The van der Waals surface area contributed by atoms with Crippen molar-refractivity contribution in [2.45, 2.75) is 18.9 Å². The Balaban J connectivity index is 1.47. The van der Waals surface area contributed by atoms with E-state index in [1.165, 1.54) is 0 Å². The molecule has 1 unspecified atom stereocenters. The summed E-state index contributed by atoms with van der Waals surface area (Å²) in [5, 5.41) is 3.01. The van der Waals surface area contributed by atoms with E-state index >= 15 is 0 Å². The minimum Gasteiger partial charge on any atom is -0.493 e. The summed E-state index contributed by atoms with van der Waals surface area (Å²) < 4.78 is 10.6. The van der Waals surface area contributed by atoms with Crippen molar-refractivity contribution >= 4 is 17.5 Å². The number of ether oxygens (including phenoxy) is 2. The van der Waals surface area contributed by atoms with E-state index in [0.717, 1.165) is 16.8 Å². The molecule has 0 fully saturated rings. The first-order chi connectivity index (χ1) is 15.6. The molecule has 4 rings (SSSR count). The Morgan fingerprint density at radius 3 is 2.41 bits per heavy atom. The van der Waals surface area contributed by atoms with E-state index in [4.69, 9.17) is 9.47 Å². The molecule has 6 nitrogen and oxygen atoms in total. The second-order valence-electron chi connectivity index (χ2n) is 7.62. The molecule has 6 heteroatoms. The maximum atomic E-state index is 13.3. The van der Waals surface area contributed by atoms with Crippen molar-refractivity contribution in [3.8, 4) is 11.5 Å². The van der Waals surface area contributed by atoms with Crippen molar-refractivity contribution in [1.29, 1.82) is 0 Å². The molecule has 164 valence electrons. The normalized spacial score (nSPS) is 14.6. The van der Waals surface area contributed by atoms with Gasteiger partial charge < -0.3 is 14.8 Å². The molecule has 1 heterocycles. The Labute approximate surface area is 187 Å². The molecule has 0 spiro atoms. The van der Waals surface area contributed by atoms with E-state index in [1.54, 1.807) is 31.3 Å². The number of rotatable bonds is 7. The number of fused-ring (bicyclic) bond motifs is 1. The van der Waals surface area contributed by atoms with Gasteiger partial charge in [0.25, 0.3) is 5.91 Å². The van der Waals surface area contributed by atoms with Crippen molar-refractivity contribution in [3.05, 3.63) is 89.5 Å². The highest BCUT2D eigenvalue weighted by Gasteiger charge is 2.38. The first-order valence-corrected chi connectivity index (χ1v) is 10.6. The van der Waals surface area contributed by atoms with Gasteiger partial charge in [0, 0.05) is 24.2 Å². The molecule has 1 atom stereocenters. The Morgan fingerprint density at radius 2 is 1.66 bits per heavy atom. The molecule has 0 radical (unpaired) electrons. The van der Waals surface area contributed by atoms with Crippen LogP contribution in [0.15, 0.2) is 72.8 Å². The Morgan fingerprint density at radius 1 is 0.938 bits per heavy atom. The minimum atomic E-state index is -0.578. The molecule has 1 aliphatic rings. The van der Waals surface area contributed by atoms with Gasteiger partial charge in [-0.25, -0.2) is 0 Å². The van der Waals surface area contributed by atoms with E-state index in [9.17, 15) is 9.59 Å². The average molecular weight is 431 g/mol. The van der Waals surface area contributed by atoms with Crippen LogP contribution in [0.2, 0.25) is 0 Å². The van der Waals surface area contributed by atoms with Crippen molar-refractivity contribution < 1.29 is 19.1 Å². The lowest BCUT2D eigenvalue weighted by atomic mass is 10.1. The van der Waals surface area contributed by atoms with Crippen LogP contribution in [0.5, 0.6) is 11.5 Å². The van der Waals surface area contributed by atoms with E-state index in [1.807, 2.05) is 60.7 Å². The number of carbonyl (C=O) groups is 2. The predicted octanol–water partition coefficient (Wildman–Crippen LogP) is 3.63. The Bertz CT molecular complexity index is 1110. The summed E-state index contributed by atoms with van der Waals surface area (Å²) in [7, 11) is 3.19. The number of anilines is 1. The fraction of sp³-hybridized carbons (Fsp3) is 0.231. The highest BCUT2D eigenvalue weighted by Crippen LogP contribution is 2.33. The van der Waals surface area contributed by atoms with Gasteiger partial charge in [0.2, 0.25) is 5.91 Å². The number of nitrogens with zero attached hydrogens (tertiary/aromatic N) is 1. The van der Waals surface area contributed by atoms with Gasteiger partial charge in [-0.2, -0.15) is 0 Å². The van der Waals surface area contributed by atoms with E-state index in [2.05, 4.69) is 5.32 Å². The van der Waals surface area contributed by atoms with Crippen LogP contribution in [0.25, 0.3) is 0 Å². The van der Waals surface area contributed by atoms with Crippen molar-refractivity contribution in [2.24, 2.45) is 0 Å². The van der Waals surface area contributed by atoms with Crippen LogP contribution in [0.4, 0.5) is 5.69 Å². The third-order valence-corrected chi connectivity index (χ3v) is 5.68. The zero-order valence-corrected chi connectivity index (χ0v) is 18.2. The van der Waals surface area contributed by atoms with Crippen molar-refractivity contribution in [2.75, 3.05) is 25.7 Å². The van der Waals surface area contributed by atoms with Gasteiger partial charge >= 0.3 is 0 Å². The maximum Gasteiger partial charge on any atom is 0.259 e. The van der Waals surface area contributed by atoms with Crippen LogP contribution in [-0.2, 0) is 17.6 Å². The zero-order valence-electron chi connectivity index (χ0n) is 18.2. The van der Waals surface area contributed by atoms with Gasteiger partial charge in [-0.1, -0.05) is 42.5 Å². The molecular formula is C26H26N2O4. The third kappa shape index (κ3) is 4.30. The number of amides is 2. The van der Waals surface area contributed by atoms with Crippen LogP contribution in [-0.4, -0.2) is 38.6 Å². The van der Waals surface area contributed by atoms with Crippen LogP contribution in [0.3, 0.4) is 0 Å². The van der Waals surface area contributed by atoms with Crippen LogP contribution < -0.4 is 19.7 Å². The predicted molar refractivity (Wildman–Crippen MR) is 123 cm³/mol. The highest BCUT2D eigenvalue weighted by molar-refractivity contribution is 6.11. The second-order valence-corrected chi connectivity index (χ2v) is 7.62. The van der Waals surface area contributed by atoms with E-state index in [-0.39, 0.29) is 11.8 Å². The number of para-hydroxylation sites is 1. The maximum absolute atomic E-state index is 13.3. The van der Waals surface area contributed by atoms with Gasteiger partial charge in [0.05, 0.1) is 14.2 Å². The number of methoxy groups -OCH3 is 2. The number of nitrogens with one attached hydrogen (secondary N) is 1. The van der Waals surface area contributed by atoms with Crippen LogP contribution in [0, 0.1) is 0 Å². The average Bonchev–Trinajstić information content (AvgIpc) is 3.23. The molecule has 1 aliphatic heterocycles. The summed E-state index contributed by atoms with van der Waals surface area (Å²) in [6.07, 6.45) is 1.13. The summed E-state index contributed by atoms with van der Waals surface area (Å²) in [5.74, 6) is 0.989. The lowest BCUT2D eigenvalue weighted by Gasteiger charge is -2.25. The molecule has 3 aromatic rings. The zero-order chi connectivity index (χ0) is 22.5. The van der Waals surface area contributed by atoms with Crippen LogP contribution >= 0.6 is 0 Å². The minimum absolute atomic E-state index is 0.161. The second kappa shape index (κ2) is 9.56. The number of benzene rings is 3. The quantitative estimate of drug-likeness (QED) is 0.622. The number of carbonyl (C=O) groups excluding carboxylic acids is 2. The molecule has 0 aromatic heterocycles. The molecule has 1 N–H and O–H groups in total. The van der Waals surface area contributed by atoms with Gasteiger partial charge in [0.1, 0.15) is 6.04 Å². The van der Waals surface area contributed by atoms with Gasteiger partial charge in [0.15, 0.2) is 11.5 Å². The summed E-state index contributed by atoms with van der Waals surface area (Å²) in [4.78, 5) is 28.0. The molecule has 32 heavy (non-hydrogen) atoms. The van der Waals surface area contributed by atoms with Gasteiger partial charge in [-0.05, 0) is 47.9 Å². The molecule has 3 aromatic carbocycles. The summed E-state index contributed by atoms with van der Waals surface area (Å²) in [6, 6.07) is 21.9. The van der Waals surface area contributed by atoms with Gasteiger partial charge in [-0.15, -0.1) is 0 Å². The smallest absolute Gasteiger partial charge is 0.259 e. The lowest BCUT2D eigenvalue weighted by molar-refractivity contribution is -0.122. The number of hydrogen-bond acceptors (Lipinski definition) is 4. The van der Waals surface area contributed by atoms with E-state index in [0.29, 0.717) is 36.4 Å². The molecule has 0 aliphatic carbocycles. The Hall–Kier alpha value is -3.80. The first kappa shape index (κ1) is 21.4. The van der Waals surface area contributed by atoms with Crippen molar-refractivity contribution in [3.63, 3.8) is 0 Å². The molecular weight excluding hydrogens is 404 g/mol. The Kier molecular flexibility index (Phi) is 6.40. The topological polar surface area (TPSA) is 67.9 Å². The molecule has 0 bridgehead atoms. The van der Waals surface area contributed by atoms with Gasteiger partial charge in [-0.3, -0.25) is 14.5 Å². The van der Waals surface area contributed by atoms with Crippen molar-refractivity contribution in [1.82, 2.24) is 5.32 Å². The van der Waals surface area contributed by atoms with E-state index < -0.39 is 6.04 Å². The molecule has 0 saturated heterocycles. The largest absolute Gasteiger partial charge is 0.493 e. The first-order valence-electron chi connectivity index (χ1n) is 10.6. The lowest BCUT2D eigenvalue weighted by Crippen LogP contribution is -2.48. The van der Waals surface area contributed by atoms with Crippen LogP contribution in [0.1, 0.15) is 21.5 Å². The SMILES string of the molecule is COc1ccc(CCNC(=O)C2Cc3ccccc3N2C(=O)c2ccccc2)cc1OC. The fourth-order valence-electron chi connectivity index (χ4n) is 4.05. The molecule has 2 amide bonds. The monoisotopic (exact) mass is 430 g/mol. The summed E-state index contributed by atoms with van der Waals surface area (Å²) in [5.41, 5.74) is 3.38. The third-order valence-electron chi connectivity index (χ3n) is 5.68. The number of hydrogen-bond donors (Lipinski definition) is 1.